The van der Waals surface area contributed by atoms with Gasteiger partial charge in [0.15, 0.2) is 7.28 Å². The predicted octanol–water partition coefficient (Wildman–Crippen LogP) is 1.40. The van der Waals surface area contributed by atoms with Crippen LogP contribution in [0.2, 0.25) is 5.02 Å². The number of benzene rings is 1. The normalized spacial score (nSPS) is 12.6. The Hall–Kier alpha value is -0.465. The molecule has 1 aromatic carbocycles. The highest BCUT2D eigenvalue weighted by atomic mass is 35.5. The van der Waals surface area contributed by atoms with Gasteiger partial charge in [-0.1, -0.05) is 42.2 Å². The molecule has 12 heavy (non-hydrogen) atoms. The summed E-state index contributed by atoms with van der Waals surface area (Å²) in [5, 5.41) is 10.0. The van der Waals surface area contributed by atoms with E-state index in [9.17, 15) is 5.11 Å². The molecule has 1 atom stereocenters. The lowest BCUT2D eigenvalue weighted by molar-refractivity contribution is 0.249. The fourth-order valence-electron chi connectivity index (χ4n) is 0.935. The zero-order valence-electron chi connectivity index (χ0n) is 7.00. The number of rotatable bonds is 3. The third-order valence-corrected chi connectivity index (χ3v) is 2.04. The van der Waals surface area contributed by atoms with Crippen molar-refractivity contribution in [1.29, 1.82) is 0 Å². The highest BCUT2D eigenvalue weighted by Gasteiger charge is 2.07. The second-order valence-corrected chi connectivity index (χ2v) is 3.07. The fraction of sp³-hybridized carbons (Fsp3) is 0.333. The van der Waals surface area contributed by atoms with Gasteiger partial charge in [0, 0.05) is 11.0 Å². The van der Waals surface area contributed by atoms with Crippen LogP contribution in [-0.4, -0.2) is 18.4 Å². The van der Waals surface area contributed by atoms with E-state index in [1.54, 1.807) is 7.28 Å². The molecule has 63 valence electrons. The van der Waals surface area contributed by atoms with Crippen molar-refractivity contribution in [2.75, 3.05) is 0 Å². The zero-order valence-corrected chi connectivity index (χ0v) is 7.75. The Labute approximate surface area is 78.6 Å². The minimum atomic E-state index is -0.398. The molecule has 1 radical (unpaired) electrons. The standard InChI is InChI=1S/C9H11BClO/c1-2-9(12)10-7-5-3-4-6-8(7)11/h3-6,9,12H,2H2,1H3. The van der Waals surface area contributed by atoms with Crippen LogP contribution in [0.5, 0.6) is 0 Å². The molecular weight excluding hydrogens is 170 g/mol. The fourth-order valence-corrected chi connectivity index (χ4v) is 1.13. The molecule has 1 aromatic rings. The molecule has 3 heteroatoms. The maximum atomic E-state index is 9.32. The molecule has 0 aromatic heterocycles. The third kappa shape index (κ3) is 2.54. The van der Waals surface area contributed by atoms with Crippen LogP contribution in [0.4, 0.5) is 0 Å². The largest absolute Gasteiger partial charge is 0.402 e. The first-order valence-corrected chi connectivity index (χ1v) is 4.39. The van der Waals surface area contributed by atoms with E-state index >= 15 is 0 Å². The third-order valence-electron chi connectivity index (χ3n) is 1.70. The molecule has 0 aliphatic rings. The Morgan fingerprint density at radius 1 is 1.50 bits per heavy atom. The van der Waals surface area contributed by atoms with Crippen molar-refractivity contribution >= 4 is 24.3 Å². The number of hydrogen-bond acceptors (Lipinski definition) is 1. The van der Waals surface area contributed by atoms with Crippen molar-refractivity contribution in [3.63, 3.8) is 0 Å². The Morgan fingerprint density at radius 3 is 2.75 bits per heavy atom. The molecule has 0 saturated carbocycles. The first kappa shape index (κ1) is 9.62. The van der Waals surface area contributed by atoms with E-state index in [1.165, 1.54) is 0 Å². The van der Waals surface area contributed by atoms with Gasteiger partial charge < -0.3 is 5.11 Å². The summed E-state index contributed by atoms with van der Waals surface area (Å²) in [4.78, 5) is 0. The summed E-state index contributed by atoms with van der Waals surface area (Å²) in [6.45, 7) is 1.93. The lowest BCUT2D eigenvalue weighted by Crippen LogP contribution is -2.27. The van der Waals surface area contributed by atoms with Gasteiger partial charge in [0.25, 0.3) is 0 Å². The van der Waals surface area contributed by atoms with Crippen LogP contribution in [0, 0.1) is 0 Å². The molecule has 0 spiro atoms. The molecule has 0 aliphatic carbocycles. The van der Waals surface area contributed by atoms with Crippen LogP contribution >= 0.6 is 11.6 Å². The summed E-state index contributed by atoms with van der Waals surface area (Å²) < 4.78 is 0. The summed E-state index contributed by atoms with van der Waals surface area (Å²) in [6.07, 6.45) is 0.714. The van der Waals surface area contributed by atoms with Crippen LogP contribution in [0.25, 0.3) is 0 Å². The second-order valence-electron chi connectivity index (χ2n) is 2.66. The minimum absolute atomic E-state index is 0.398. The van der Waals surface area contributed by atoms with E-state index < -0.39 is 6.00 Å². The summed E-state index contributed by atoms with van der Waals surface area (Å²) in [7, 11) is 1.77. The quantitative estimate of drug-likeness (QED) is 0.699. The van der Waals surface area contributed by atoms with E-state index in [4.69, 9.17) is 11.6 Å². The Kier molecular flexibility index (Phi) is 3.64. The zero-order chi connectivity index (χ0) is 8.97. The summed E-state index contributed by atoms with van der Waals surface area (Å²) >= 11 is 5.88. The lowest BCUT2D eigenvalue weighted by Gasteiger charge is -2.06. The SMILES string of the molecule is CCC(O)[B]c1ccccc1Cl. The average molecular weight is 181 g/mol. The van der Waals surface area contributed by atoms with Crippen LogP contribution < -0.4 is 5.46 Å². The molecule has 0 aliphatic heterocycles. The number of halogens is 1. The molecule has 1 nitrogen and oxygen atoms in total. The predicted molar refractivity (Wildman–Crippen MR) is 53.1 cm³/mol. The topological polar surface area (TPSA) is 20.2 Å². The molecule has 1 rings (SSSR count). The van der Waals surface area contributed by atoms with Gasteiger partial charge in [0.2, 0.25) is 0 Å². The summed E-state index contributed by atoms with van der Waals surface area (Å²) in [6, 6.07) is 7.08. The molecule has 0 bridgehead atoms. The first-order valence-electron chi connectivity index (χ1n) is 4.01. The van der Waals surface area contributed by atoms with Gasteiger partial charge in [0.05, 0.1) is 0 Å². The maximum Gasteiger partial charge on any atom is 0.191 e. The van der Waals surface area contributed by atoms with Gasteiger partial charge in [0.1, 0.15) is 0 Å². The molecule has 0 amide bonds. The van der Waals surface area contributed by atoms with Crippen LogP contribution in [-0.2, 0) is 0 Å². The monoisotopic (exact) mass is 181 g/mol. The van der Waals surface area contributed by atoms with E-state index in [0.29, 0.717) is 11.4 Å². The Morgan fingerprint density at radius 2 is 2.17 bits per heavy atom. The summed E-state index contributed by atoms with van der Waals surface area (Å²) in [5.74, 6) is 0. The van der Waals surface area contributed by atoms with Crippen LogP contribution in [0.3, 0.4) is 0 Å². The van der Waals surface area contributed by atoms with E-state index in [0.717, 1.165) is 5.46 Å². The van der Waals surface area contributed by atoms with Gasteiger partial charge in [-0.25, -0.2) is 0 Å². The molecule has 0 fully saturated rings. The van der Waals surface area contributed by atoms with Crippen molar-refractivity contribution in [3.8, 4) is 0 Å². The van der Waals surface area contributed by atoms with Gasteiger partial charge in [-0.05, 0) is 12.5 Å². The van der Waals surface area contributed by atoms with Gasteiger partial charge in [-0.2, -0.15) is 0 Å². The van der Waals surface area contributed by atoms with E-state index in [1.807, 2.05) is 31.2 Å². The average Bonchev–Trinajstić information content (AvgIpc) is 2.09. The van der Waals surface area contributed by atoms with Crippen LogP contribution in [0.1, 0.15) is 13.3 Å². The van der Waals surface area contributed by atoms with Crippen molar-refractivity contribution in [2.24, 2.45) is 0 Å². The van der Waals surface area contributed by atoms with E-state index in [2.05, 4.69) is 0 Å². The molecular formula is C9H11BClO. The Balaban J connectivity index is 2.69. The van der Waals surface area contributed by atoms with Gasteiger partial charge >= 0.3 is 0 Å². The number of aliphatic hydroxyl groups excluding tert-OH is 1. The lowest BCUT2D eigenvalue weighted by atomic mass is 9.64. The molecule has 0 saturated heterocycles. The van der Waals surface area contributed by atoms with Crippen molar-refractivity contribution in [2.45, 2.75) is 19.3 Å². The van der Waals surface area contributed by atoms with Crippen molar-refractivity contribution < 1.29 is 5.11 Å². The maximum absolute atomic E-state index is 9.32. The van der Waals surface area contributed by atoms with E-state index in [-0.39, 0.29) is 0 Å². The highest BCUT2D eigenvalue weighted by molar-refractivity contribution is 6.59. The van der Waals surface area contributed by atoms with Crippen LogP contribution in [0.15, 0.2) is 24.3 Å². The number of hydrogen-bond donors (Lipinski definition) is 1. The smallest absolute Gasteiger partial charge is 0.191 e. The van der Waals surface area contributed by atoms with Crippen molar-refractivity contribution in [1.82, 2.24) is 0 Å². The molecule has 1 unspecified atom stereocenters. The second kappa shape index (κ2) is 4.53. The minimum Gasteiger partial charge on any atom is -0.402 e. The summed E-state index contributed by atoms with van der Waals surface area (Å²) in [5.41, 5.74) is 0.897. The Bertz CT molecular complexity index is 252. The first-order chi connectivity index (χ1) is 5.74. The molecule has 1 N–H and O–H groups in total. The molecule has 0 heterocycles. The van der Waals surface area contributed by atoms with Gasteiger partial charge in [-0.3, -0.25) is 0 Å². The number of aliphatic hydroxyl groups is 1. The van der Waals surface area contributed by atoms with Crippen molar-refractivity contribution in [3.05, 3.63) is 29.3 Å². The highest BCUT2D eigenvalue weighted by Crippen LogP contribution is 2.03. The van der Waals surface area contributed by atoms with Gasteiger partial charge in [-0.15, -0.1) is 0 Å².